The van der Waals surface area contributed by atoms with Gasteiger partial charge in [0, 0.05) is 17.1 Å². The number of nitrogens with zero attached hydrogens (tertiary/aromatic N) is 5. The van der Waals surface area contributed by atoms with Crippen LogP contribution >= 0.6 is 0 Å². The lowest BCUT2D eigenvalue weighted by atomic mass is 10.0. The molecular weight excluding hydrogens is 353 g/mol. The van der Waals surface area contributed by atoms with Crippen LogP contribution in [0.3, 0.4) is 0 Å². The lowest BCUT2D eigenvalue weighted by Gasteiger charge is -2.14. The van der Waals surface area contributed by atoms with E-state index >= 15 is 0 Å². The van der Waals surface area contributed by atoms with Crippen molar-refractivity contribution in [2.45, 2.75) is 13.0 Å². The van der Waals surface area contributed by atoms with Gasteiger partial charge in [0.05, 0.1) is 17.8 Å². The van der Waals surface area contributed by atoms with Crippen molar-refractivity contribution < 1.29 is 4.39 Å². The van der Waals surface area contributed by atoms with E-state index in [1.807, 2.05) is 41.1 Å². The van der Waals surface area contributed by atoms with E-state index < -0.39 is 5.95 Å². The lowest BCUT2D eigenvalue weighted by Crippen LogP contribution is -2.08. The first-order valence-corrected chi connectivity index (χ1v) is 9.01. The molecule has 136 valence electrons. The van der Waals surface area contributed by atoms with Gasteiger partial charge in [-0.1, -0.05) is 41.6 Å². The summed E-state index contributed by atoms with van der Waals surface area (Å²) in [5, 5.41) is 9.67. The Kier molecular flexibility index (Phi) is 3.83. The Morgan fingerprint density at radius 1 is 0.857 bits per heavy atom. The Morgan fingerprint density at radius 2 is 1.68 bits per heavy atom. The predicted molar refractivity (Wildman–Crippen MR) is 106 cm³/mol. The SMILES string of the molecule is C[C@H](c1ccccc1)n1nnc2cnc3ccc(-c4ccc(F)nc4)cc3c21. The second-order valence-electron chi connectivity index (χ2n) is 6.71. The van der Waals surface area contributed by atoms with Crippen LogP contribution in [0, 0.1) is 5.95 Å². The van der Waals surface area contributed by atoms with E-state index in [1.165, 1.54) is 12.3 Å². The fraction of sp³-hybridized carbons (Fsp3) is 0.0909. The van der Waals surface area contributed by atoms with Gasteiger partial charge in [-0.3, -0.25) is 4.98 Å². The monoisotopic (exact) mass is 369 g/mol. The minimum Gasteiger partial charge on any atom is -0.254 e. The summed E-state index contributed by atoms with van der Waals surface area (Å²) >= 11 is 0. The van der Waals surface area contributed by atoms with Gasteiger partial charge in [0.25, 0.3) is 0 Å². The molecule has 3 heterocycles. The molecule has 5 nitrogen and oxygen atoms in total. The maximum atomic E-state index is 13.2. The Bertz CT molecular complexity index is 1280. The fourth-order valence-corrected chi connectivity index (χ4v) is 3.49. The fourth-order valence-electron chi connectivity index (χ4n) is 3.49. The summed E-state index contributed by atoms with van der Waals surface area (Å²) in [6, 6.07) is 19.3. The van der Waals surface area contributed by atoms with Crippen molar-refractivity contribution in [2.75, 3.05) is 0 Å². The van der Waals surface area contributed by atoms with Crippen LogP contribution in [-0.2, 0) is 0 Å². The van der Waals surface area contributed by atoms with Crippen molar-refractivity contribution in [3.63, 3.8) is 0 Å². The first kappa shape index (κ1) is 16.5. The molecule has 0 saturated carbocycles. The molecule has 0 fully saturated rings. The van der Waals surface area contributed by atoms with Crippen LogP contribution in [0.1, 0.15) is 18.5 Å². The Hall–Kier alpha value is -3.67. The molecule has 0 N–H and O–H groups in total. The highest BCUT2D eigenvalue weighted by atomic mass is 19.1. The number of hydrogen-bond donors (Lipinski definition) is 0. The minimum atomic E-state index is -0.493. The summed E-state index contributed by atoms with van der Waals surface area (Å²) in [6.45, 7) is 2.10. The molecule has 28 heavy (non-hydrogen) atoms. The summed E-state index contributed by atoms with van der Waals surface area (Å²) in [5.41, 5.74) is 5.46. The Balaban J connectivity index is 1.73. The molecule has 0 amide bonds. The van der Waals surface area contributed by atoms with Gasteiger partial charge < -0.3 is 0 Å². The zero-order valence-corrected chi connectivity index (χ0v) is 15.1. The number of pyridine rings is 2. The van der Waals surface area contributed by atoms with Crippen LogP contribution in [0.5, 0.6) is 0 Å². The number of benzene rings is 2. The minimum absolute atomic E-state index is 0.0212. The van der Waals surface area contributed by atoms with E-state index in [2.05, 4.69) is 39.3 Å². The molecule has 0 saturated heterocycles. The smallest absolute Gasteiger partial charge is 0.212 e. The molecule has 0 aliphatic heterocycles. The number of aromatic nitrogens is 5. The summed E-state index contributed by atoms with van der Waals surface area (Å²) in [5.74, 6) is -0.493. The molecule has 5 rings (SSSR count). The average molecular weight is 369 g/mol. The lowest BCUT2D eigenvalue weighted by molar-refractivity contribution is 0.561. The first-order valence-electron chi connectivity index (χ1n) is 9.01. The van der Waals surface area contributed by atoms with Gasteiger partial charge in [0.15, 0.2) is 0 Å². The van der Waals surface area contributed by atoms with E-state index in [0.717, 1.165) is 38.6 Å². The van der Waals surface area contributed by atoms with Crippen molar-refractivity contribution >= 4 is 21.9 Å². The number of halogens is 1. The number of hydrogen-bond acceptors (Lipinski definition) is 4. The van der Waals surface area contributed by atoms with Crippen molar-refractivity contribution in [2.24, 2.45) is 0 Å². The molecular formula is C22H16FN5. The maximum Gasteiger partial charge on any atom is 0.212 e. The van der Waals surface area contributed by atoms with E-state index in [0.29, 0.717) is 0 Å². The third kappa shape index (κ3) is 2.70. The second-order valence-corrected chi connectivity index (χ2v) is 6.71. The quantitative estimate of drug-likeness (QED) is 0.429. The molecule has 0 aliphatic carbocycles. The normalized spacial score (nSPS) is 12.5. The highest BCUT2D eigenvalue weighted by Crippen LogP contribution is 2.30. The maximum absolute atomic E-state index is 13.2. The molecule has 1 atom stereocenters. The van der Waals surface area contributed by atoms with Gasteiger partial charge in [-0.2, -0.15) is 4.39 Å². The molecule has 3 aromatic heterocycles. The molecule has 0 aliphatic rings. The van der Waals surface area contributed by atoms with Crippen LogP contribution in [0.15, 0.2) is 73.1 Å². The topological polar surface area (TPSA) is 56.5 Å². The molecule has 5 aromatic rings. The van der Waals surface area contributed by atoms with Crippen LogP contribution in [0.25, 0.3) is 33.1 Å². The Labute approximate surface area is 160 Å². The first-order chi connectivity index (χ1) is 13.7. The van der Waals surface area contributed by atoms with Crippen LogP contribution in [0.4, 0.5) is 4.39 Å². The van der Waals surface area contributed by atoms with Gasteiger partial charge in [-0.25, -0.2) is 9.67 Å². The number of fused-ring (bicyclic) bond motifs is 3. The summed E-state index contributed by atoms with van der Waals surface area (Å²) < 4.78 is 15.1. The van der Waals surface area contributed by atoms with E-state index in [-0.39, 0.29) is 6.04 Å². The molecule has 0 spiro atoms. The van der Waals surface area contributed by atoms with Crippen molar-refractivity contribution in [1.29, 1.82) is 0 Å². The standard InChI is InChI=1S/C22H16FN5/c1-14(15-5-3-2-4-6-15)28-22-18-11-16(17-8-10-21(23)25-12-17)7-9-19(18)24-13-20(22)26-27-28/h2-14H,1H3/t14-/m1/s1. The van der Waals surface area contributed by atoms with Crippen molar-refractivity contribution in [3.05, 3.63) is 84.6 Å². The van der Waals surface area contributed by atoms with Gasteiger partial charge in [0.1, 0.15) is 11.0 Å². The highest BCUT2D eigenvalue weighted by Gasteiger charge is 2.16. The van der Waals surface area contributed by atoms with Crippen LogP contribution < -0.4 is 0 Å². The zero-order chi connectivity index (χ0) is 19.1. The molecule has 6 heteroatoms. The number of rotatable bonds is 3. The Morgan fingerprint density at radius 3 is 2.46 bits per heavy atom. The van der Waals surface area contributed by atoms with Crippen molar-refractivity contribution in [1.82, 2.24) is 25.0 Å². The van der Waals surface area contributed by atoms with Gasteiger partial charge in [-0.05, 0) is 42.3 Å². The van der Waals surface area contributed by atoms with E-state index in [4.69, 9.17) is 0 Å². The molecule has 0 radical (unpaired) electrons. The predicted octanol–water partition coefficient (Wildman–Crippen LogP) is 4.79. The molecule has 2 aromatic carbocycles. The average Bonchev–Trinajstić information content (AvgIpc) is 3.19. The molecule has 0 unspecified atom stereocenters. The van der Waals surface area contributed by atoms with Gasteiger partial charge in [-0.15, -0.1) is 5.10 Å². The largest absolute Gasteiger partial charge is 0.254 e. The highest BCUT2D eigenvalue weighted by molar-refractivity contribution is 6.03. The van der Waals surface area contributed by atoms with Crippen molar-refractivity contribution in [3.8, 4) is 11.1 Å². The van der Waals surface area contributed by atoms with Crippen LogP contribution in [0.2, 0.25) is 0 Å². The second kappa shape index (κ2) is 6.49. The summed E-state index contributed by atoms with van der Waals surface area (Å²) in [4.78, 5) is 8.27. The zero-order valence-electron chi connectivity index (χ0n) is 15.1. The van der Waals surface area contributed by atoms with Gasteiger partial charge in [0.2, 0.25) is 5.95 Å². The van der Waals surface area contributed by atoms with E-state index in [1.54, 1.807) is 12.3 Å². The summed E-state index contributed by atoms with van der Waals surface area (Å²) in [7, 11) is 0. The summed E-state index contributed by atoms with van der Waals surface area (Å²) in [6.07, 6.45) is 3.28. The third-order valence-corrected chi connectivity index (χ3v) is 5.01. The molecule has 0 bridgehead atoms. The van der Waals surface area contributed by atoms with Gasteiger partial charge >= 0.3 is 0 Å². The third-order valence-electron chi connectivity index (χ3n) is 5.01. The van der Waals surface area contributed by atoms with Crippen LogP contribution in [-0.4, -0.2) is 25.0 Å². The van der Waals surface area contributed by atoms with E-state index in [9.17, 15) is 4.39 Å².